The van der Waals surface area contributed by atoms with Crippen molar-refractivity contribution in [2.75, 3.05) is 31.5 Å². The summed E-state index contributed by atoms with van der Waals surface area (Å²) in [6, 6.07) is 13.8. The molecule has 0 bridgehead atoms. The lowest BCUT2D eigenvalue weighted by molar-refractivity contribution is -0.116. The van der Waals surface area contributed by atoms with E-state index >= 15 is 0 Å². The van der Waals surface area contributed by atoms with Crippen LogP contribution in [0.3, 0.4) is 0 Å². The molecule has 2 heterocycles. The molecule has 1 N–H and O–H groups in total. The number of nitrogens with zero attached hydrogens (tertiary/aromatic N) is 2. The first-order chi connectivity index (χ1) is 13.5. The van der Waals surface area contributed by atoms with Crippen molar-refractivity contribution in [2.45, 2.75) is 19.8 Å². The maximum absolute atomic E-state index is 12.9. The van der Waals surface area contributed by atoms with Crippen LogP contribution < -0.4 is 5.32 Å². The van der Waals surface area contributed by atoms with Crippen molar-refractivity contribution in [1.29, 1.82) is 0 Å². The van der Waals surface area contributed by atoms with Gasteiger partial charge in [-0.25, -0.2) is 0 Å². The molecular formula is C22H24ClN3O2S. The van der Waals surface area contributed by atoms with Crippen LogP contribution in [-0.4, -0.2) is 52.8 Å². The second-order valence-electron chi connectivity index (χ2n) is 7.37. The third kappa shape index (κ3) is 4.60. The summed E-state index contributed by atoms with van der Waals surface area (Å²) in [6.45, 7) is 4.84. The molecule has 4 rings (SSSR count). The molecule has 7 heteroatoms. The number of amides is 2. The van der Waals surface area contributed by atoms with Crippen molar-refractivity contribution in [1.82, 2.24) is 9.80 Å². The summed E-state index contributed by atoms with van der Waals surface area (Å²) in [4.78, 5) is 29.3. The minimum absolute atomic E-state index is 0. The molecule has 0 radical (unpaired) electrons. The van der Waals surface area contributed by atoms with Crippen LogP contribution in [-0.2, 0) is 11.2 Å². The average molecular weight is 430 g/mol. The molecule has 0 unspecified atom stereocenters. The third-order valence-electron chi connectivity index (χ3n) is 5.40. The van der Waals surface area contributed by atoms with Gasteiger partial charge in [0.15, 0.2) is 0 Å². The molecular weight excluding hydrogens is 406 g/mol. The van der Waals surface area contributed by atoms with Gasteiger partial charge in [0.05, 0.1) is 0 Å². The van der Waals surface area contributed by atoms with Crippen LogP contribution in [0.25, 0.3) is 0 Å². The molecule has 1 saturated heterocycles. The van der Waals surface area contributed by atoms with Gasteiger partial charge in [-0.15, -0.1) is 12.4 Å². The Bertz CT molecular complexity index is 938. The highest BCUT2D eigenvalue weighted by atomic mass is 35.5. The fraction of sp³-hybridized carbons (Fsp3) is 0.318. The fourth-order valence-electron chi connectivity index (χ4n) is 3.69. The average Bonchev–Trinajstić information content (AvgIpc) is 2.73. The molecule has 0 saturated carbocycles. The van der Waals surface area contributed by atoms with Crippen molar-refractivity contribution < 1.29 is 9.59 Å². The Hall–Kier alpha value is -2.44. The zero-order valence-electron chi connectivity index (χ0n) is 16.3. The van der Waals surface area contributed by atoms with Gasteiger partial charge in [-0.05, 0) is 37.1 Å². The molecule has 1 fully saturated rings. The zero-order valence-corrected chi connectivity index (χ0v) is 17.9. The van der Waals surface area contributed by atoms with Gasteiger partial charge in [-0.1, -0.05) is 42.0 Å². The normalized spacial score (nSPS) is 15.8. The monoisotopic (exact) mass is 429 g/mol. The standard InChI is InChI=1S/C22H23N3O2S.ClH/c1-15-2-4-16(5-3-15)22(28)25-12-10-24(11-13-25)21(27)18-6-8-19-17(14-18)7-9-20(26)23-19;/h2-6,8,14H,7,9-13H2,1H3,(H,23,26);1H. The highest BCUT2D eigenvalue weighted by Crippen LogP contribution is 2.24. The number of fused-ring (bicyclic) bond motifs is 1. The molecule has 0 spiro atoms. The number of piperazine rings is 1. The van der Waals surface area contributed by atoms with Crippen LogP contribution in [0.1, 0.15) is 33.5 Å². The maximum atomic E-state index is 12.9. The predicted octanol–water partition coefficient (Wildman–Crippen LogP) is 3.44. The predicted molar refractivity (Wildman–Crippen MR) is 121 cm³/mol. The van der Waals surface area contributed by atoms with Gasteiger partial charge in [0.25, 0.3) is 5.91 Å². The molecule has 2 aromatic rings. The van der Waals surface area contributed by atoms with Gasteiger partial charge >= 0.3 is 0 Å². The van der Waals surface area contributed by atoms with E-state index in [4.69, 9.17) is 12.2 Å². The molecule has 0 aromatic heterocycles. The number of halogens is 1. The zero-order chi connectivity index (χ0) is 19.7. The highest BCUT2D eigenvalue weighted by molar-refractivity contribution is 7.80. The molecule has 5 nitrogen and oxygen atoms in total. The largest absolute Gasteiger partial charge is 0.359 e. The molecule has 2 aliphatic heterocycles. The lowest BCUT2D eigenvalue weighted by atomic mass is 10.00. The Morgan fingerprint density at radius 1 is 0.931 bits per heavy atom. The minimum Gasteiger partial charge on any atom is -0.359 e. The molecule has 0 aliphatic carbocycles. The van der Waals surface area contributed by atoms with Crippen LogP contribution in [0.2, 0.25) is 0 Å². The molecule has 2 aromatic carbocycles. The third-order valence-corrected chi connectivity index (χ3v) is 5.89. The Morgan fingerprint density at radius 3 is 2.24 bits per heavy atom. The van der Waals surface area contributed by atoms with Crippen LogP contribution in [0.4, 0.5) is 5.69 Å². The Labute approximate surface area is 182 Å². The van der Waals surface area contributed by atoms with Crippen molar-refractivity contribution >= 4 is 47.1 Å². The topological polar surface area (TPSA) is 52.7 Å². The Morgan fingerprint density at radius 2 is 1.55 bits per heavy atom. The van der Waals surface area contributed by atoms with E-state index in [0.29, 0.717) is 31.5 Å². The first kappa shape index (κ1) is 21.3. The second-order valence-corrected chi connectivity index (χ2v) is 7.76. The van der Waals surface area contributed by atoms with E-state index < -0.39 is 0 Å². The summed E-state index contributed by atoms with van der Waals surface area (Å²) >= 11 is 5.65. The molecule has 152 valence electrons. The first-order valence-electron chi connectivity index (χ1n) is 9.59. The van der Waals surface area contributed by atoms with E-state index in [0.717, 1.165) is 34.9 Å². The van der Waals surface area contributed by atoms with Crippen LogP contribution in [0.5, 0.6) is 0 Å². The second kappa shape index (κ2) is 8.93. The van der Waals surface area contributed by atoms with Gasteiger partial charge in [-0.3, -0.25) is 9.59 Å². The number of hydrogen-bond donors (Lipinski definition) is 1. The summed E-state index contributed by atoms with van der Waals surface area (Å²) in [7, 11) is 0. The number of aryl methyl sites for hydroxylation is 2. The van der Waals surface area contributed by atoms with E-state index in [1.165, 1.54) is 5.56 Å². The molecule has 2 aliphatic rings. The van der Waals surface area contributed by atoms with Gasteiger partial charge < -0.3 is 15.1 Å². The number of rotatable bonds is 2. The quantitative estimate of drug-likeness (QED) is 0.743. The van der Waals surface area contributed by atoms with E-state index in [-0.39, 0.29) is 24.2 Å². The summed E-state index contributed by atoms with van der Waals surface area (Å²) in [5, 5.41) is 2.86. The summed E-state index contributed by atoms with van der Waals surface area (Å²) in [6.07, 6.45) is 1.15. The number of hydrogen-bond acceptors (Lipinski definition) is 3. The van der Waals surface area contributed by atoms with Crippen LogP contribution in [0.15, 0.2) is 42.5 Å². The lowest BCUT2D eigenvalue weighted by Gasteiger charge is -2.36. The molecule has 0 atom stereocenters. The smallest absolute Gasteiger partial charge is 0.253 e. The van der Waals surface area contributed by atoms with E-state index in [2.05, 4.69) is 41.4 Å². The number of nitrogens with one attached hydrogen (secondary N) is 1. The van der Waals surface area contributed by atoms with Gasteiger partial charge in [0.1, 0.15) is 4.99 Å². The number of benzene rings is 2. The fourth-order valence-corrected chi connectivity index (χ4v) is 4.01. The SMILES string of the molecule is Cc1ccc(C(=S)N2CCN(C(=O)c3ccc4c(c3)CCC(=O)N4)CC2)cc1.Cl. The number of anilines is 1. The van der Waals surface area contributed by atoms with E-state index in [9.17, 15) is 9.59 Å². The Kier molecular flexibility index (Phi) is 6.55. The summed E-state index contributed by atoms with van der Waals surface area (Å²) in [5.41, 5.74) is 4.80. The Balaban J connectivity index is 0.00000240. The summed E-state index contributed by atoms with van der Waals surface area (Å²) in [5.74, 6) is 0.0767. The number of carbonyl (C=O) groups is 2. The van der Waals surface area contributed by atoms with Gasteiger partial charge in [0.2, 0.25) is 5.91 Å². The number of thiocarbonyl (C=S) groups is 1. The maximum Gasteiger partial charge on any atom is 0.253 e. The molecule has 2 amide bonds. The van der Waals surface area contributed by atoms with Crippen LogP contribution >= 0.6 is 24.6 Å². The number of carbonyl (C=O) groups excluding carboxylic acids is 2. The van der Waals surface area contributed by atoms with Crippen LogP contribution in [0, 0.1) is 6.92 Å². The van der Waals surface area contributed by atoms with Gasteiger partial charge in [0, 0.05) is 49.4 Å². The highest BCUT2D eigenvalue weighted by Gasteiger charge is 2.25. The first-order valence-corrected chi connectivity index (χ1v) is 10.00. The molecule has 29 heavy (non-hydrogen) atoms. The van der Waals surface area contributed by atoms with Crippen molar-refractivity contribution in [2.24, 2.45) is 0 Å². The van der Waals surface area contributed by atoms with Crippen molar-refractivity contribution in [3.63, 3.8) is 0 Å². The summed E-state index contributed by atoms with van der Waals surface area (Å²) < 4.78 is 0. The van der Waals surface area contributed by atoms with Crippen molar-refractivity contribution in [3.8, 4) is 0 Å². The van der Waals surface area contributed by atoms with E-state index in [1.807, 2.05) is 17.0 Å². The lowest BCUT2D eigenvalue weighted by Crippen LogP contribution is -2.50. The van der Waals surface area contributed by atoms with Gasteiger partial charge in [-0.2, -0.15) is 0 Å². The van der Waals surface area contributed by atoms with Crippen molar-refractivity contribution in [3.05, 3.63) is 64.7 Å². The minimum atomic E-state index is 0. The van der Waals surface area contributed by atoms with E-state index in [1.54, 1.807) is 6.07 Å².